The molecule has 0 N–H and O–H groups in total. The van der Waals surface area contributed by atoms with Crippen LogP contribution in [0.5, 0.6) is 0 Å². The van der Waals surface area contributed by atoms with Gasteiger partial charge >= 0.3 is 0 Å². The van der Waals surface area contributed by atoms with E-state index in [1.165, 1.54) is 5.56 Å². The lowest BCUT2D eigenvalue weighted by atomic mass is 9.85. The number of rotatable bonds is 0. The molecule has 0 saturated carbocycles. The lowest BCUT2D eigenvalue weighted by molar-refractivity contribution is 0.590. The predicted octanol–water partition coefficient (Wildman–Crippen LogP) is 1.71. The summed E-state index contributed by atoms with van der Waals surface area (Å²) in [5.41, 5.74) is 3.14. The second-order valence-corrected chi connectivity index (χ2v) is 5.96. The van der Waals surface area contributed by atoms with Crippen LogP contribution in [0.1, 0.15) is 37.7 Å². The molecule has 0 saturated heterocycles. The zero-order valence-electron chi connectivity index (χ0n) is 12.0. The normalized spacial score (nSPS) is 12.1. The Morgan fingerprint density at radius 3 is 2.39 bits per heavy atom. The van der Waals surface area contributed by atoms with Crippen LogP contribution in [0.15, 0.2) is 16.9 Å². The van der Waals surface area contributed by atoms with Gasteiger partial charge in [0, 0.05) is 0 Å². The molecule has 0 aliphatic carbocycles. The Bertz CT molecular complexity index is 681. The first-order valence-corrected chi connectivity index (χ1v) is 6.20. The molecule has 2 rings (SSSR count). The average Bonchev–Trinajstić information content (AvgIpc) is 2.26. The van der Waals surface area contributed by atoms with Crippen molar-refractivity contribution in [3.63, 3.8) is 0 Å². The summed E-state index contributed by atoms with van der Waals surface area (Å²) in [6.45, 7) is 10.3. The van der Waals surface area contributed by atoms with Gasteiger partial charge in [-0.2, -0.15) is 0 Å². The molecule has 1 aromatic carbocycles. The van der Waals surface area contributed by atoms with Crippen molar-refractivity contribution in [1.29, 1.82) is 0 Å². The topological polar surface area (TPSA) is 34.9 Å². The van der Waals surface area contributed by atoms with Crippen molar-refractivity contribution in [3.05, 3.63) is 39.4 Å². The molecule has 0 atom stereocenters. The van der Waals surface area contributed by atoms with Gasteiger partial charge in [-0.3, -0.25) is 4.79 Å². The van der Waals surface area contributed by atoms with E-state index in [-0.39, 0.29) is 11.0 Å². The summed E-state index contributed by atoms with van der Waals surface area (Å²) in [4.78, 5) is 16.8. The highest BCUT2D eigenvalue weighted by atomic mass is 16.1. The first-order chi connectivity index (χ1) is 8.21. The third kappa shape index (κ3) is 1.96. The van der Waals surface area contributed by atoms with Crippen molar-refractivity contribution in [2.24, 2.45) is 0 Å². The van der Waals surface area contributed by atoms with Gasteiger partial charge in [0.15, 0.2) is 0 Å². The Labute approximate surface area is 108 Å². The highest BCUT2D eigenvalue weighted by Crippen LogP contribution is 2.26. The number of aryl methyl sites for hydroxylation is 2. The van der Waals surface area contributed by atoms with Crippen LogP contribution in [0.3, 0.4) is 0 Å². The van der Waals surface area contributed by atoms with Crippen molar-refractivity contribution in [2.45, 2.75) is 40.0 Å². The van der Waals surface area contributed by atoms with E-state index in [0.29, 0.717) is 5.39 Å². The number of aromatic nitrogens is 2. The fourth-order valence-corrected chi connectivity index (χ4v) is 2.09. The van der Waals surface area contributed by atoms with Gasteiger partial charge in [-0.15, -0.1) is 0 Å². The zero-order chi connectivity index (χ0) is 13.7. The van der Waals surface area contributed by atoms with Gasteiger partial charge in [0.25, 0.3) is 0 Å². The van der Waals surface area contributed by atoms with Crippen LogP contribution in [0.2, 0.25) is 0 Å². The van der Waals surface area contributed by atoms with Crippen molar-refractivity contribution in [3.8, 4) is 0 Å². The summed E-state index contributed by atoms with van der Waals surface area (Å²) < 4.78 is 1.61. The standard InChI is InChI=1S/C14H19BN2O/c1-8-6-10(14(3,4)5)7-11-12(8)16-9(2)17(15)13(11)18/h6-7H,15H2,1-5H3. The number of benzene rings is 1. The van der Waals surface area contributed by atoms with Crippen molar-refractivity contribution in [1.82, 2.24) is 9.46 Å². The van der Waals surface area contributed by atoms with Crippen molar-refractivity contribution < 1.29 is 0 Å². The van der Waals surface area contributed by atoms with E-state index in [4.69, 9.17) is 0 Å². The molecule has 0 radical (unpaired) electrons. The monoisotopic (exact) mass is 242 g/mol. The van der Waals surface area contributed by atoms with E-state index in [0.717, 1.165) is 16.9 Å². The molecule has 94 valence electrons. The molecule has 2 aromatic rings. The maximum absolute atomic E-state index is 12.3. The van der Waals surface area contributed by atoms with Crippen LogP contribution in [0.4, 0.5) is 0 Å². The summed E-state index contributed by atoms with van der Waals surface area (Å²) in [7, 11) is 1.77. The highest BCUT2D eigenvalue weighted by Gasteiger charge is 2.17. The number of fused-ring (bicyclic) bond motifs is 1. The van der Waals surface area contributed by atoms with Gasteiger partial charge in [-0.05, 0) is 36.5 Å². The first-order valence-electron chi connectivity index (χ1n) is 6.20. The minimum atomic E-state index is 0.0340. The second kappa shape index (κ2) is 3.97. The summed E-state index contributed by atoms with van der Waals surface area (Å²) in [6, 6.07) is 4.12. The molecule has 0 aliphatic heterocycles. The van der Waals surface area contributed by atoms with E-state index in [9.17, 15) is 4.79 Å². The van der Waals surface area contributed by atoms with E-state index in [2.05, 4.69) is 31.8 Å². The average molecular weight is 242 g/mol. The van der Waals surface area contributed by atoms with Gasteiger partial charge in [0.2, 0.25) is 13.5 Å². The van der Waals surface area contributed by atoms with Crippen LogP contribution in [-0.2, 0) is 5.41 Å². The minimum Gasteiger partial charge on any atom is -0.350 e. The van der Waals surface area contributed by atoms with Gasteiger partial charge < -0.3 is 4.48 Å². The summed E-state index contributed by atoms with van der Waals surface area (Å²) in [6.07, 6.45) is 0. The maximum Gasteiger partial charge on any atom is 0.248 e. The lowest BCUT2D eigenvalue weighted by Crippen LogP contribution is -2.23. The summed E-state index contributed by atoms with van der Waals surface area (Å²) in [5.74, 6) is 0.749. The summed E-state index contributed by atoms with van der Waals surface area (Å²) in [5, 5.41) is 0.716. The fraction of sp³-hybridized carbons (Fsp3) is 0.429. The van der Waals surface area contributed by atoms with Crippen LogP contribution in [0.25, 0.3) is 10.9 Å². The molecule has 1 aromatic heterocycles. The quantitative estimate of drug-likeness (QED) is 0.659. The first kappa shape index (κ1) is 12.9. The number of hydrogen-bond acceptors (Lipinski definition) is 2. The third-order valence-electron chi connectivity index (χ3n) is 3.46. The van der Waals surface area contributed by atoms with Crippen LogP contribution in [0, 0.1) is 13.8 Å². The van der Waals surface area contributed by atoms with E-state index >= 15 is 0 Å². The number of nitrogens with zero attached hydrogens (tertiary/aromatic N) is 2. The van der Waals surface area contributed by atoms with Crippen molar-refractivity contribution in [2.75, 3.05) is 0 Å². The van der Waals surface area contributed by atoms with E-state index < -0.39 is 0 Å². The lowest BCUT2D eigenvalue weighted by Gasteiger charge is -2.20. The molecule has 0 spiro atoms. The smallest absolute Gasteiger partial charge is 0.248 e. The van der Waals surface area contributed by atoms with Gasteiger partial charge in [-0.25, -0.2) is 4.98 Å². The third-order valence-corrected chi connectivity index (χ3v) is 3.46. The Morgan fingerprint density at radius 1 is 1.22 bits per heavy atom. The van der Waals surface area contributed by atoms with Crippen LogP contribution in [-0.4, -0.2) is 17.4 Å². The minimum absolute atomic E-state index is 0.0340. The van der Waals surface area contributed by atoms with Gasteiger partial charge in [-0.1, -0.05) is 26.8 Å². The van der Waals surface area contributed by atoms with E-state index in [1.807, 2.05) is 19.9 Å². The number of hydrogen-bond donors (Lipinski definition) is 0. The molecular formula is C14H19BN2O. The molecule has 18 heavy (non-hydrogen) atoms. The second-order valence-electron chi connectivity index (χ2n) is 5.96. The Balaban J connectivity index is 2.93. The molecule has 4 heteroatoms. The molecule has 0 fully saturated rings. The predicted molar refractivity (Wildman–Crippen MR) is 78.1 cm³/mol. The molecule has 3 nitrogen and oxygen atoms in total. The molecule has 0 bridgehead atoms. The zero-order valence-corrected chi connectivity index (χ0v) is 12.0. The highest BCUT2D eigenvalue weighted by molar-refractivity contribution is 6.07. The molecule has 0 aliphatic rings. The largest absolute Gasteiger partial charge is 0.350 e. The van der Waals surface area contributed by atoms with Crippen LogP contribution >= 0.6 is 0 Å². The SMILES string of the molecule is Bn1c(C)nc2c(C)cc(C(C)(C)C)cc2c1=O. The van der Waals surface area contributed by atoms with Gasteiger partial charge in [0.05, 0.1) is 16.7 Å². The summed E-state index contributed by atoms with van der Waals surface area (Å²) >= 11 is 0. The molecule has 0 amide bonds. The maximum atomic E-state index is 12.3. The van der Waals surface area contributed by atoms with E-state index in [1.54, 1.807) is 12.5 Å². The Kier molecular flexibility index (Phi) is 2.84. The van der Waals surface area contributed by atoms with Gasteiger partial charge in [0.1, 0.15) is 0 Å². The molecular weight excluding hydrogens is 223 g/mol. The molecule has 1 heterocycles. The van der Waals surface area contributed by atoms with Crippen molar-refractivity contribution >= 4 is 18.9 Å². The molecule has 0 unspecified atom stereocenters. The van der Waals surface area contributed by atoms with Crippen LogP contribution < -0.4 is 5.56 Å². The Morgan fingerprint density at radius 2 is 1.83 bits per heavy atom. The Hall–Kier alpha value is -1.58. The fourth-order valence-electron chi connectivity index (χ4n) is 2.09.